The summed E-state index contributed by atoms with van der Waals surface area (Å²) in [4.78, 5) is 15.5. The van der Waals surface area contributed by atoms with Crippen LogP contribution in [0, 0.1) is 21.3 Å². The molecule has 4 saturated carbocycles. The Morgan fingerprint density at radius 1 is 1.12 bits per heavy atom. The summed E-state index contributed by atoms with van der Waals surface area (Å²) in [5, 5.41) is 8.87. The lowest BCUT2D eigenvalue weighted by atomic mass is 9.48. The van der Waals surface area contributed by atoms with Crippen molar-refractivity contribution in [1.82, 2.24) is 0 Å². The molecule has 0 aliphatic heterocycles. The Kier molecular flexibility index (Phi) is 5.90. The molecule has 0 radical (unpaired) electrons. The average molecular weight is 545 g/mol. The third kappa shape index (κ3) is 4.26. The van der Waals surface area contributed by atoms with E-state index < -0.39 is 12.6 Å². The summed E-state index contributed by atoms with van der Waals surface area (Å²) in [6.07, 6.45) is 10.3. The second-order valence-electron chi connectivity index (χ2n) is 9.72. The molecule has 5 nitrogen and oxygen atoms in total. The van der Waals surface area contributed by atoms with E-state index in [0.717, 1.165) is 32.6 Å². The quantitative estimate of drug-likeness (QED) is 0.343. The summed E-state index contributed by atoms with van der Waals surface area (Å²) in [6.45, 7) is -0.407. The number of carboxylic acids is 1. The van der Waals surface area contributed by atoms with Gasteiger partial charge in [-0.1, -0.05) is 12.1 Å². The maximum Gasteiger partial charge on any atom is 0.341 e. The van der Waals surface area contributed by atoms with E-state index in [1.807, 2.05) is 18.3 Å². The number of carboxylic acid groups (broad SMARTS) is 1. The van der Waals surface area contributed by atoms with Gasteiger partial charge in [0.2, 0.25) is 0 Å². The fourth-order valence-corrected chi connectivity index (χ4v) is 7.38. The van der Waals surface area contributed by atoms with Gasteiger partial charge < -0.3 is 14.6 Å². The molecule has 0 heterocycles. The predicted octanol–water partition coefficient (Wildman–Crippen LogP) is 5.98. The lowest BCUT2D eigenvalue weighted by Crippen LogP contribution is -2.48. The highest BCUT2D eigenvalue weighted by atomic mass is 127. The van der Waals surface area contributed by atoms with Crippen LogP contribution in [0.5, 0.6) is 11.5 Å². The molecule has 1 N–H and O–H groups in total. The molecule has 4 bridgehead atoms. The predicted molar refractivity (Wildman–Crippen MR) is 132 cm³/mol. The van der Waals surface area contributed by atoms with E-state index in [2.05, 4.69) is 51.8 Å². The van der Waals surface area contributed by atoms with Crippen LogP contribution in [0.15, 0.2) is 41.4 Å². The van der Waals surface area contributed by atoms with Crippen LogP contribution in [0.25, 0.3) is 0 Å². The van der Waals surface area contributed by atoms with Crippen molar-refractivity contribution in [3.63, 3.8) is 0 Å². The van der Waals surface area contributed by atoms with Crippen LogP contribution in [0.3, 0.4) is 0 Å². The van der Waals surface area contributed by atoms with Gasteiger partial charge in [-0.25, -0.2) is 4.79 Å². The van der Waals surface area contributed by atoms with Gasteiger partial charge in [0.1, 0.15) is 0 Å². The first kappa shape index (κ1) is 21.7. The highest BCUT2D eigenvalue weighted by Crippen LogP contribution is 2.60. The normalized spacial score (nSPS) is 28.2. The van der Waals surface area contributed by atoms with Gasteiger partial charge >= 0.3 is 5.97 Å². The highest BCUT2D eigenvalue weighted by molar-refractivity contribution is 14.1. The molecule has 4 fully saturated rings. The zero-order valence-electron chi connectivity index (χ0n) is 18.2. The third-order valence-electron chi connectivity index (χ3n) is 7.47. The van der Waals surface area contributed by atoms with Gasteiger partial charge in [0, 0.05) is 6.21 Å². The van der Waals surface area contributed by atoms with E-state index in [9.17, 15) is 4.79 Å². The van der Waals surface area contributed by atoms with Crippen molar-refractivity contribution in [1.29, 1.82) is 0 Å². The summed E-state index contributed by atoms with van der Waals surface area (Å²) in [5.41, 5.74) is 3.72. The van der Waals surface area contributed by atoms with Crippen molar-refractivity contribution >= 4 is 40.5 Å². The molecule has 32 heavy (non-hydrogen) atoms. The molecule has 0 unspecified atom stereocenters. The first-order chi connectivity index (χ1) is 15.4. The Morgan fingerprint density at radius 2 is 1.75 bits per heavy atom. The SMILES string of the molecule is COc1cc(C=Nc2ccc(C34CC5CC(CC(C5)C3)C4)cc2)cc(I)c1OCC(=O)O. The fourth-order valence-electron chi connectivity index (χ4n) is 6.60. The minimum absolute atomic E-state index is 0.407. The first-order valence-corrected chi connectivity index (χ1v) is 12.4. The number of hydrogen-bond acceptors (Lipinski definition) is 4. The molecule has 4 aliphatic carbocycles. The molecule has 2 aromatic carbocycles. The summed E-state index contributed by atoms with van der Waals surface area (Å²) in [6, 6.07) is 12.6. The molecule has 4 aliphatic rings. The third-order valence-corrected chi connectivity index (χ3v) is 8.27. The Morgan fingerprint density at radius 3 is 2.31 bits per heavy atom. The van der Waals surface area contributed by atoms with Crippen LogP contribution in [0.4, 0.5) is 5.69 Å². The molecule has 0 saturated heterocycles. The molecule has 0 amide bonds. The number of aliphatic imine (C=N–C) groups is 1. The smallest absolute Gasteiger partial charge is 0.341 e. The van der Waals surface area contributed by atoms with Gasteiger partial charge in [0.25, 0.3) is 0 Å². The van der Waals surface area contributed by atoms with Crippen LogP contribution < -0.4 is 9.47 Å². The number of ether oxygens (including phenoxy) is 2. The number of carbonyl (C=O) groups is 1. The van der Waals surface area contributed by atoms with Crippen LogP contribution >= 0.6 is 22.6 Å². The number of rotatable bonds is 7. The van der Waals surface area contributed by atoms with E-state index >= 15 is 0 Å². The minimum Gasteiger partial charge on any atom is -0.493 e. The lowest BCUT2D eigenvalue weighted by Gasteiger charge is -2.57. The van der Waals surface area contributed by atoms with Gasteiger partial charge in [-0.3, -0.25) is 4.99 Å². The molecule has 0 spiro atoms. The second-order valence-corrected chi connectivity index (χ2v) is 10.9. The monoisotopic (exact) mass is 545 g/mol. The van der Waals surface area contributed by atoms with Crippen molar-refractivity contribution in [2.45, 2.75) is 43.9 Å². The van der Waals surface area contributed by atoms with Crippen molar-refractivity contribution in [2.24, 2.45) is 22.7 Å². The average Bonchev–Trinajstić information content (AvgIpc) is 2.76. The van der Waals surface area contributed by atoms with Crippen molar-refractivity contribution in [2.75, 3.05) is 13.7 Å². The Bertz CT molecular complexity index is 1010. The number of methoxy groups -OCH3 is 1. The van der Waals surface area contributed by atoms with Crippen LogP contribution in [0.1, 0.15) is 49.7 Å². The fraction of sp³-hybridized carbons (Fsp3) is 0.462. The largest absolute Gasteiger partial charge is 0.493 e. The number of halogens is 1. The van der Waals surface area contributed by atoms with E-state index in [4.69, 9.17) is 14.6 Å². The van der Waals surface area contributed by atoms with Crippen molar-refractivity contribution in [3.8, 4) is 11.5 Å². The summed E-state index contributed by atoms with van der Waals surface area (Å²) in [5.74, 6) is 2.74. The van der Waals surface area contributed by atoms with E-state index in [0.29, 0.717) is 16.9 Å². The minimum atomic E-state index is -1.02. The van der Waals surface area contributed by atoms with Gasteiger partial charge in [0.05, 0.1) is 16.4 Å². The van der Waals surface area contributed by atoms with Crippen molar-refractivity contribution in [3.05, 3.63) is 51.1 Å². The standard InChI is InChI=1S/C26H28INO4/c1-31-23-10-19(9-22(27)25(23)32-15-24(29)30)14-28-21-4-2-20(3-5-21)26-11-16-6-17(12-26)8-18(7-16)13-26/h2-5,9-10,14,16-18H,6-8,11-13,15H2,1H3,(H,29,30). The van der Waals surface area contributed by atoms with Crippen molar-refractivity contribution < 1.29 is 19.4 Å². The number of hydrogen-bond donors (Lipinski definition) is 1. The van der Waals surface area contributed by atoms with E-state index in [1.54, 1.807) is 7.11 Å². The highest BCUT2D eigenvalue weighted by Gasteiger charge is 2.51. The summed E-state index contributed by atoms with van der Waals surface area (Å²) < 4.78 is 11.6. The molecular formula is C26H28INO4. The zero-order valence-corrected chi connectivity index (χ0v) is 20.4. The zero-order chi connectivity index (χ0) is 22.3. The Balaban J connectivity index is 1.32. The molecule has 0 aromatic heterocycles. The van der Waals surface area contributed by atoms with Crippen LogP contribution in [-0.2, 0) is 10.2 Å². The van der Waals surface area contributed by atoms with E-state index in [-0.39, 0.29) is 0 Å². The van der Waals surface area contributed by atoms with E-state index in [1.165, 1.54) is 44.1 Å². The number of aliphatic carboxylic acids is 1. The van der Waals surface area contributed by atoms with Gasteiger partial charge in [-0.05, 0) is 120 Å². The second kappa shape index (κ2) is 8.69. The van der Waals surface area contributed by atoms with Gasteiger partial charge in [-0.15, -0.1) is 0 Å². The number of benzene rings is 2. The molecule has 2 aromatic rings. The Hall–Kier alpha value is -2.09. The topological polar surface area (TPSA) is 68.1 Å². The first-order valence-electron chi connectivity index (χ1n) is 11.3. The van der Waals surface area contributed by atoms with Gasteiger partial charge in [-0.2, -0.15) is 0 Å². The Labute approximate surface area is 202 Å². The van der Waals surface area contributed by atoms with Gasteiger partial charge in [0.15, 0.2) is 18.1 Å². The summed E-state index contributed by atoms with van der Waals surface area (Å²) >= 11 is 2.12. The maximum absolute atomic E-state index is 10.8. The van der Waals surface area contributed by atoms with Crippen LogP contribution in [0.2, 0.25) is 0 Å². The molecule has 0 atom stereocenters. The molecule has 168 valence electrons. The lowest BCUT2D eigenvalue weighted by molar-refractivity contribution is -0.139. The molecule has 6 heteroatoms. The number of nitrogens with zero attached hydrogens (tertiary/aromatic N) is 1. The van der Waals surface area contributed by atoms with Crippen LogP contribution in [-0.4, -0.2) is 31.0 Å². The summed E-state index contributed by atoms with van der Waals surface area (Å²) in [7, 11) is 1.54. The molecule has 6 rings (SSSR count). The maximum atomic E-state index is 10.8. The molecular weight excluding hydrogens is 517 g/mol.